The molecule has 8 aromatic carbocycles. The fourth-order valence-electron chi connectivity index (χ4n) is 9.86. The second kappa shape index (κ2) is 17.6. The topological polar surface area (TPSA) is 50.9 Å². The molecule has 1 N–H and O–H groups in total. The van der Waals surface area contributed by atoms with Crippen molar-refractivity contribution < 1.29 is 5.11 Å². The number of phenols is 1. The predicted octanol–water partition coefficient (Wildman–Crippen LogP) is 17.5. The summed E-state index contributed by atoms with van der Waals surface area (Å²) < 4.78 is 2.38. The van der Waals surface area contributed by atoms with Crippen molar-refractivity contribution in [2.45, 2.75) is 52.4 Å². The van der Waals surface area contributed by atoms with Gasteiger partial charge in [-0.05, 0) is 122 Å². The maximum Gasteiger partial charge on any atom is 0.126 e. The number of rotatable bonds is 8. The molecule has 0 aliphatic rings. The van der Waals surface area contributed by atoms with Gasteiger partial charge in [-0.1, -0.05) is 193 Å². The minimum absolute atomic E-state index is 0.0831. The fraction of sp³-hybridized carbons (Fsp3) is 0.121. The first-order valence-corrected chi connectivity index (χ1v) is 24.2. The number of aromatic hydroxyl groups is 1. The standard InChI is InChI=1S/C66H55N3O/c1-65(2,3)51-35-48(36-52(42-51)66(4,5)6)50-39-59(68-60(40-50)63-57(44-22-12-8-13-23-44)37-49(41-62(63)70)43-20-10-7-11-21-43)47-25-18-24-46(34-47)58-38-45(32-33-67-58)54-29-19-30-56-55-28-16-17-31-61(55)69(64(54)56)53-26-14-9-15-27-53/h7-42,70H,1-6H3. The molecule has 0 aliphatic carbocycles. The minimum atomic E-state index is -0.0831. The summed E-state index contributed by atoms with van der Waals surface area (Å²) >= 11 is 0. The molecule has 0 radical (unpaired) electrons. The van der Waals surface area contributed by atoms with E-state index in [1.54, 1.807) is 0 Å². The summed E-state index contributed by atoms with van der Waals surface area (Å²) in [4.78, 5) is 10.5. The van der Waals surface area contributed by atoms with Gasteiger partial charge in [0.1, 0.15) is 5.75 Å². The molecule has 0 atom stereocenters. The third kappa shape index (κ3) is 8.36. The van der Waals surface area contributed by atoms with E-state index in [1.807, 2.05) is 48.7 Å². The summed E-state index contributed by atoms with van der Waals surface area (Å²) in [6.07, 6.45) is 1.92. The molecular weight excluding hydrogens is 851 g/mol. The largest absolute Gasteiger partial charge is 0.507 e. The van der Waals surface area contributed by atoms with Gasteiger partial charge in [0, 0.05) is 44.9 Å². The molecule has 0 aliphatic heterocycles. The van der Waals surface area contributed by atoms with E-state index in [4.69, 9.17) is 9.97 Å². The Hall–Kier alpha value is -8.34. The van der Waals surface area contributed by atoms with Crippen LogP contribution >= 0.6 is 0 Å². The molecule has 0 bridgehead atoms. The van der Waals surface area contributed by atoms with E-state index in [0.29, 0.717) is 11.3 Å². The average Bonchev–Trinajstić information content (AvgIpc) is 3.73. The summed E-state index contributed by atoms with van der Waals surface area (Å²) in [6, 6.07) is 74.8. The number of hydrogen-bond acceptors (Lipinski definition) is 3. The van der Waals surface area contributed by atoms with Gasteiger partial charge in [0.15, 0.2) is 0 Å². The number of phenolic OH excluding ortho intramolecular Hbond substituents is 1. The Morgan fingerprint density at radius 3 is 1.63 bits per heavy atom. The lowest BCUT2D eigenvalue weighted by Gasteiger charge is -2.26. The molecule has 0 spiro atoms. The van der Waals surface area contributed by atoms with Gasteiger partial charge < -0.3 is 9.67 Å². The normalized spacial score (nSPS) is 11.9. The predicted molar refractivity (Wildman–Crippen MR) is 293 cm³/mol. The van der Waals surface area contributed by atoms with Crippen LogP contribution in [0, 0.1) is 0 Å². The van der Waals surface area contributed by atoms with E-state index < -0.39 is 0 Å². The van der Waals surface area contributed by atoms with Crippen LogP contribution in [0.15, 0.2) is 219 Å². The van der Waals surface area contributed by atoms with Gasteiger partial charge in [-0.3, -0.25) is 4.98 Å². The molecule has 0 saturated heterocycles. The van der Waals surface area contributed by atoms with Crippen molar-refractivity contribution in [3.05, 3.63) is 230 Å². The van der Waals surface area contributed by atoms with E-state index in [-0.39, 0.29) is 16.6 Å². The summed E-state index contributed by atoms with van der Waals surface area (Å²) in [7, 11) is 0. The Bertz CT molecular complexity index is 3690. The summed E-state index contributed by atoms with van der Waals surface area (Å²) in [5, 5.41) is 14.7. The van der Waals surface area contributed by atoms with Crippen LogP contribution in [-0.4, -0.2) is 19.6 Å². The first kappa shape index (κ1) is 44.2. The molecular formula is C66H55N3O. The Morgan fingerprint density at radius 2 is 0.929 bits per heavy atom. The van der Waals surface area contributed by atoms with E-state index in [9.17, 15) is 5.11 Å². The van der Waals surface area contributed by atoms with Crippen LogP contribution in [0.5, 0.6) is 5.75 Å². The van der Waals surface area contributed by atoms with Gasteiger partial charge in [0.05, 0.1) is 28.1 Å². The smallest absolute Gasteiger partial charge is 0.126 e. The number of benzene rings is 8. The molecule has 0 saturated carbocycles. The monoisotopic (exact) mass is 905 g/mol. The molecule has 11 rings (SSSR count). The molecule has 0 amide bonds. The van der Waals surface area contributed by atoms with Crippen molar-refractivity contribution in [2.24, 2.45) is 0 Å². The molecule has 11 aromatic rings. The zero-order chi connectivity index (χ0) is 48.1. The van der Waals surface area contributed by atoms with E-state index in [2.05, 4.69) is 216 Å². The van der Waals surface area contributed by atoms with Crippen LogP contribution in [-0.2, 0) is 10.8 Å². The van der Waals surface area contributed by atoms with Crippen molar-refractivity contribution in [2.75, 3.05) is 0 Å². The van der Waals surface area contributed by atoms with Crippen molar-refractivity contribution in [3.8, 4) is 89.7 Å². The van der Waals surface area contributed by atoms with Crippen LogP contribution < -0.4 is 0 Å². The summed E-state index contributed by atoms with van der Waals surface area (Å²) in [5.41, 5.74) is 19.0. The number of nitrogens with zero attached hydrogens (tertiary/aromatic N) is 3. The van der Waals surface area contributed by atoms with Gasteiger partial charge in [-0.2, -0.15) is 0 Å². The number of fused-ring (bicyclic) bond motifs is 3. The Balaban J connectivity index is 1.10. The van der Waals surface area contributed by atoms with Gasteiger partial charge >= 0.3 is 0 Å². The van der Waals surface area contributed by atoms with Crippen molar-refractivity contribution in [1.82, 2.24) is 14.5 Å². The Labute approximate surface area is 411 Å². The lowest BCUT2D eigenvalue weighted by atomic mass is 9.79. The number of aromatic nitrogens is 3. The van der Waals surface area contributed by atoms with Crippen LogP contribution in [0.25, 0.3) is 106 Å². The summed E-state index contributed by atoms with van der Waals surface area (Å²) in [5.74, 6) is 0.172. The number of hydrogen-bond donors (Lipinski definition) is 1. The van der Waals surface area contributed by atoms with Crippen molar-refractivity contribution >= 4 is 21.8 Å². The van der Waals surface area contributed by atoms with Gasteiger partial charge in [-0.15, -0.1) is 0 Å². The third-order valence-electron chi connectivity index (χ3n) is 13.6. The molecule has 0 fully saturated rings. The second-order valence-electron chi connectivity index (χ2n) is 20.5. The SMILES string of the molecule is CC(C)(C)c1cc(-c2cc(-c3cccc(-c4cc(-c5cccc6c7ccccc7n(-c7ccccc7)c56)ccn4)c3)nc(-c3c(O)cc(-c4ccccc4)cc3-c3ccccc3)c2)cc(C(C)(C)C)c1. The fourth-order valence-corrected chi connectivity index (χ4v) is 9.86. The van der Waals surface area contributed by atoms with Crippen LogP contribution in [0.4, 0.5) is 0 Å². The van der Waals surface area contributed by atoms with Crippen molar-refractivity contribution in [1.29, 1.82) is 0 Å². The summed E-state index contributed by atoms with van der Waals surface area (Å²) in [6.45, 7) is 13.7. The first-order chi connectivity index (χ1) is 33.9. The van der Waals surface area contributed by atoms with Crippen LogP contribution in [0.1, 0.15) is 52.7 Å². The highest BCUT2D eigenvalue weighted by Gasteiger charge is 2.24. The lowest BCUT2D eigenvalue weighted by molar-refractivity contribution is 0.477. The van der Waals surface area contributed by atoms with Crippen molar-refractivity contribution in [3.63, 3.8) is 0 Å². The molecule has 0 unspecified atom stereocenters. The highest BCUT2D eigenvalue weighted by atomic mass is 16.3. The molecule has 4 nitrogen and oxygen atoms in total. The van der Waals surface area contributed by atoms with E-state index >= 15 is 0 Å². The molecule has 4 heteroatoms. The third-order valence-corrected chi connectivity index (χ3v) is 13.6. The molecule has 3 heterocycles. The quantitative estimate of drug-likeness (QED) is 0.165. The second-order valence-corrected chi connectivity index (χ2v) is 20.5. The first-order valence-electron chi connectivity index (χ1n) is 24.2. The minimum Gasteiger partial charge on any atom is -0.507 e. The van der Waals surface area contributed by atoms with E-state index in [1.165, 1.54) is 27.4 Å². The highest BCUT2D eigenvalue weighted by molar-refractivity contribution is 6.14. The van der Waals surface area contributed by atoms with E-state index in [0.717, 1.165) is 78.2 Å². The Morgan fingerprint density at radius 1 is 0.386 bits per heavy atom. The maximum atomic E-state index is 12.3. The van der Waals surface area contributed by atoms with Gasteiger partial charge in [-0.25, -0.2) is 4.98 Å². The number of pyridine rings is 2. The average molecular weight is 906 g/mol. The zero-order valence-electron chi connectivity index (χ0n) is 40.6. The maximum absolute atomic E-state index is 12.3. The van der Waals surface area contributed by atoms with Gasteiger partial charge in [0.25, 0.3) is 0 Å². The number of para-hydroxylation sites is 3. The van der Waals surface area contributed by atoms with Gasteiger partial charge in [0.2, 0.25) is 0 Å². The van der Waals surface area contributed by atoms with Crippen LogP contribution in [0.3, 0.4) is 0 Å². The molecule has 3 aromatic heterocycles. The highest BCUT2D eigenvalue weighted by Crippen LogP contribution is 2.45. The zero-order valence-corrected chi connectivity index (χ0v) is 40.6. The lowest BCUT2D eigenvalue weighted by Crippen LogP contribution is -2.16. The molecule has 340 valence electrons. The van der Waals surface area contributed by atoms with Crippen LogP contribution in [0.2, 0.25) is 0 Å². The molecule has 70 heavy (non-hydrogen) atoms. The Kier molecular flexibility index (Phi) is 11.1.